The number of amides is 1. The minimum Gasteiger partial charge on any atom is -0.505 e. The summed E-state index contributed by atoms with van der Waals surface area (Å²) in [6.07, 6.45) is 0. The van der Waals surface area contributed by atoms with Crippen molar-refractivity contribution in [2.75, 3.05) is 6.54 Å². The third-order valence-electron chi connectivity index (χ3n) is 3.77. The van der Waals surface area contributed by atoms with Crippen molar-refractivity contribution in [1.29, 1.82) is 0 Å². The number of carbonyl (C=O) groups excluding carboxylic acids is 1. The van der Waals surface area contributed by atoms with E-state index >= 15 is 0 Å². The zero-order valence-corrected chi connectivity index (χ0v) is 15.3. The van der Waals surface area contributed by atoms with Crippen LogP contribution in [0.4, 0.5) is 0 Å². The van der Waals surface area contributed by atoms with Gasteiger partial charge in [-0.3, -0.25) is 4.79 Å². The van der Waals surface area contributed by atoms with E-state index in [1.54, 1.807) is 4.90 Å². The lowest BCUT2D eigenvalue weighted by Crippen LogP contribution is -2.30. The topological polar surface area (TPSA) is 79.5 Å². The van der Waals surface area contributed by atoms with E-state index in [-0.39, 0.29) is 33.4 Å². The van der Waals surface area contributed by atoms with Gasteiger partial charge in [0.25, 0.3) is 0 Å². The summed E-state index contributed by atoms with van der Waals surface area (Å²) >= 11 is 11.8. The van der Waals surface area contributed by atoms with E-state index in [1.165, 1.54) is 12.1 Å². The number of phenolic OH excluding ortho intramolecular Hbond substituents is 1. The summed E-state index contributed by atoms with van der Waals surface area (Å²) in [5, 5.41) is 13.6. The van der Waals surface area contributed by atoms with Crippen LogP contribution in [0, 0.1) is 0 Å². The van der Waals surface area contributed by atoms with Gasteiger partial charge < -0.3 is 14.5 Å². The molecule has 0 spiro atoms. The van der Waals surface area contributed by atoms with Crippen LogP contribution in [0.5, 0.6) is 5.75 Å². The molecule has 1 amide bonds. The highest BCUT2D eigenvalue weighted by Gasteiger charge is 2.22. The van der Waals surface area contributed by atoms with E-state index in [1.807, 2.05) is 37.3 Å². The van der Waals surface area contributed by atoms with Gasteiger partial charge in [0.1, 0.15) is 0 Å². The van der Waals surface area contributed by atoms with Gasteiger partial charge in [0.15, 0.2) is 5.75 Å². The summed E-state index contributed by atoms with van der Waals surface area (Å²) in [4.78, 5) is 18.4. The van der Waals surface area contributed by atoms with Gasteiger partial charge in [0.05, 0.1) is 10.0 Å². The van der Waals surface area contributed by atoms with Crippen molar-refractivity contribution in [3.05, 3.63) is 64.0 Å². The maximum atomic E-state index is 12.7. The molecule has 0 aliphatic rings. The monoisotopic (exact) mass is 391 g/mol. The molecule has 0 unspecified atom stereocenters. The number of benzene rings is 2. The van der Waals surface area contributed by atoms with Gasteiger partial charge in [-0.05, 0) is 24.6 Å². The molecule has 26 heavy (non-hydrogen) atoms. The number of nitrogens with zero attached hydrogens (tertiary/aromatic N) is 3. The predicted molar refractivity (Wildman–Crippen MR) is 98.3 cm³/mol. The van der Waals surface area contributed by atoms with Gasteiger partial charge in [0.2, 0.25) is 5.82 Å². The smallest absolute Gasteiger partial charge is 0.316 e. The zero-order valence-electron chi connectivity index (χ0n) is 13.8. The van der Waals surface area contributed by atoms with Crippen molar-refractivity contribution in [1.82, 2.24) is 15.0 Å². The molecule has 0 aliphatic carbocycles. The molecule has 1 aromatic heterocycles. The Labute approximate surface area is 160 Å². The number of aromatic nitrogens is 2. The van der Waals surface area contributed by atoms with Crippen LogP contribution in [0.1, 0.15) is 23.2 Å². The van der Waals surface area contributed by atoms with Crippen molar-refractivity contribution in [3.63, 3.8) is 0 Å². The molecule has 2 aromatic carbocycles. The standard InChI is InChI=1S/C18H15Cl2N3O3/c1-2-23(10-11-6-4-3-5-7-11)18(25)17-21-16(22-26-17)12-8-13(19)15(24)14(20)9-12/h3-9,24H,2,10H2,1H3. The Morgan fingerprint density at radius 2 is 1.85 bits per heavy atom. The van der Waals surface area contributed by atoms with E-state index in [4.69, 9.17) is 27.7 Å². The Balaban J connectivity index is 1.83. The van der Waals surface area contributed by atoms with E-state index in [2.05, 4.69) is 10.1 Å². The molecule has 0 atom stereocenters. The molecule has 1 heterocycles. The van der Waals surface area contributed by atoms with Crippen LogP contribution in [0.25, 0.3) is 11.4 Å². The number of rotatable bonds is 5. The first-order chi connectivity index (χ1) is 12.5. The molecule has 0 saturated heterocycles. The molecule has 0 bridgehead atoms. The molecule has 3 rings (SSSR count). The second-order valence-electron chi connectivity index (χ2n) is 5.52. The molecule has 0 radical (unpaired) electrons. The molecular formula is C18H15Cl2N3O3. The highest BCUT2D eigenvalue weighted by Crippen LogP contribution is 2.35. The Morgan fingerprint density at radius 3 is 2.46 bits per heavy atom. The molecular weight excluding hydrogens is 377 g/mol. The van der Waals surface area contributed by atoms with Crippen molar-refractivity contribution >= 4 is 29.1 Å². The normalized spacial score (nSPS) is 10.7. The highest BCUT2D eigenvalue weighted by atomic mass is 35.5. The first-order valence-electron chi connectivity index (χ1n) is 7.85. The molecule has 134 valence electrons. The average Bonchev–Trinajstić information content (AvgIpc) is 3.14. The predicted octanol–water partition coefficient (Wildman–Crippen LogP) is 4.41. The Hall–Kier alpha value is -2.57. The number of hydrogen-bond acceptors (Lipinski definition) is 5. The van der Waals surface area contributed by atoms with Gasteiger partial charge in [-0.25, -0.2) is 0 Å². The summed E-state index contributed by atoms with van der Waals surface area (Å²) in [6.45, 7) is 2.80. The van der Waals surface area contributed by atoms with Gasteiger partial charge >= 0.3 is 11.8 Å². The molecule has 0 saturated carbocycles. The minimum atomic E-state index is -0.369. The Bertz CT molecular complexity index is 905. The number of carbonyl (C=O) groups is 1. The van der Waals surface area contributed by atoms with Crippen LogP contribution in [0.15, 0.2) is 47.0 Å². The molecule has 3 aromatic rings. The van der Waals surface area contributed by atoms with E-state index in [9.17, 15) is 9.90 Å². The highest BCUT2D eigenvalue weighted by molar-refractivity contribution is 6.37. The van der Waals surface area contributed by atoms with E-state index in [0.29, 0.717) is 18.7 Å². The summed E-state index contributed by atoms with van der Waals surface area (Å²) in [7, 11) is 0. The van der Waals surface area contributed by atoms with Crippen molar-refractivity contribution < 1.29 is 14.4 Å². The number of phenols is 1. The van der Waals surface area contributed by atoms with Crippen molar-refractivity contribution in [2.45, 2.75) is 13.5 Å². The van der Waals surface area contributed by atoms with Crippen LogP contribution >= 0.6 is 23.2 Å². The second-order valence-corrected chi connectivity index (χ2v) is 6.33. The summed E-state index contributed by atoms with van der Waals surface area (Å²) in [6, 6.07) is 12.5. The van der Waals surface area contributed by atoms with Crippen LogP contribution in [0.3, 0.4) is 0 Å². The first kappa shape index (κ1) is 18.2. The van der Waals surface area contributed by atoms with Crippen LogP contribution in [0.2, 0.25) is 10.0 Å². The molecule has 6 nitrogen and oxygen atoms in total. The number of halogens is 2. The maximum Gasteiger partial charge on any atom is 0.316 e. The fourth-order valence-electron chi connectivity index (χ4n) is 2.39. The number of aromatic hydroxyl groups is 1. The average molecular weight is 392 g/mol. The maximum absolute atomic E-state index is 12.7. The minimum absolute atomic E-state index is 0.0597. The van der Waals surface area contributed by atoms with E-state index in [0.717, 1.165) is 5.56 Å². The van der Waals surface area contributed by atoms with Gasteiger partial charge in [-0.1, -0.05) is 58.7 Å². The first-order valence-corrected chi connectivity index (χ1v) is 8.60. The lowest BCUT2D eigenvalue weighted by atomic mass is 10.2. The third kappa shape index (κ3) is 3.81. The summed E-state index contributed by atoms with van der Waals surface area (Å²) in [5.74, 6) is -0.561. The van der Waals surface area contributed by atoms with Crippen LogP contribution < -0.4 is 0 Å². The van der Waals surface area contributed by atoms with Crippen LogP contribution in [-0.2, 0) is 6.54 Å². The fourth-order valence-corrected chi connectivity index (χ4v) is 2.88. The van der Waals surface area contributed by atoms with Gasteiger partial charge in [-0.2, -0.15) is 4.98 Å². The lowest BCUT2D eigenvalue weighted by Gasteiger charge is -2.18. The molecule has 0 aliphatic heterocycles. The van der Waals surface area contributed by atoms with E-state index < -0.39 is 0 Å². The SMILES string of the molecule is CCN(Cc1ccccc1)C(=O)c1nc(-c2cc(Cl)c(O)c(Cl)c2)no1. The summed E-state index contributed by atoms with van der Waals surface area (Å²) < 4.78 is 5.11. The number of hydrogen-bond donors (Lipinski definition) is 1. The third-order valence-corrected chi connectivity index (χ3v) is 4.35. The van der Waals surface area contributed by atoms with Crippen molar-refractivity contribution in [3.8, 4) is 17.1 Å². The fraction of sp³-hybridized carbons (Fsp3) is 0.167. The Kier molecular flexibility index (Phi) is 5.44. The lowest BCUT2D eigenvalue weighted by molar-refractivity contribution is 0.0702. The molecule has 0 fully saturated rings. The van der Waals surface area contributed by atoms with Crippen molar-refractivity contribution in [2.24, 2.45) is 0 Å². The van der Waals surface area contributed by atoms with Gasteiger partial charge in [-0.15, -0.1) is 0 Å². The Morgan fingerprint density at radius 1 is 1.19 bits per heavy atom. The second kappa shape index (κ2) is 7.76. The quantitative estimate of drug-likeness (QED) is 0.696. The largest absolute Gasteiger partial charge is 0.505 e. The summed E-state index contributed by atoms with van der Waals surface area (Å²) in [5.41, 5.74) is 1.44. The molecule has 1 N–H and O–H groups in total. The van der Waals surface area contributed by atoms with Crippen LogP contribution in [-0.4, -0.2) is 32.6 Å². The van der Waals surface area contributed by atoms with Gasteiger partial charge in [0, 0.05) is 18.7 Å². The molecule has 8 heteroatoms. The zero-order chi connectivity index (χ0) is 18.7.